The Morgan fingerprint density at radius 3 is 2.92 bits per heavy atom. The van der Waals surface area contributed by atoms with Crippen LogP contribution in [-0.2, 0) is 0 Å². The molecule has 1 fully saturated rings. The van der Waals surface area contributed by atoms with Gasteiger partial charge in [0.25, 0.3) is 0 Å². The Hall–Kier alpha value is -2.41. The molecular formula is C18H24N4O3. The summed E-state index contributed by atoms with van der Waals surface area (Å²) in [5, 5.41) is 20.6. The second kappa shape index (κ2) is 7.65. The number of anilines is 1. The predicted octanol–water partition coefficient (Wildman–Crippen LogP) is 3.06. The third-order valence-electron chi connectivity index (χ3n) is 4.81. The molecule has 1 aromatic carbocycles. The van der Waals surface area contributed by atoms with Crippen LogP contribution >= 0.6 is 0 Å². The van der Waals surface area contributed by atoms with E-state index in [1.54, 1.807) is 11.9 Å². The SMILES string of the molecule is Cc1ccc(-c2nnco2)cc1NC(=O)N(C)C[C@@H]1CCCC[C@@H]1O. The molecule has 1 saturated carbocycles. The Kier molecular flexibility index (Phi) is 5.33. The van der Waals surface area contributed by atoms with E-state index in [-0.39, 0.29) is 18.1 Å². The van der Waals surface area contributed by atoms with Crippen LogP contribution < -0.4 is 5.32 Å². The molecule has 1 aromatic heterocycles. The van der Waals surface area contributed by atoms with Crippen LogP contribution in [0.3, 0.4) is 0 Å². The molecule has 0 bridgehead atoms. The minimum absolute atomic E-state index is 0.148. The number of aryl methyl sites for hydroxylation is 1. The summed E-state index contributed by atoms with van der Waals surface area (Å²) in [4.78, 5) is 14.2. The van der Waals surface area contributed by atoms with Crippen molar-refractivity contribution in [3.63, 3.8) is 0 Å². The van der Waals surface area contributed by atoms with Crippen LogP contribution in [0.15, 0.2) is 29.0 Å². The molecular weight excluding hydrogens is 320 g/mol. The van der Waals surface area contributed by atoms with Crippen molar-refractivity contribution in [3.8, 4) is 11.5 Å². The zero-order valence-electron chi connectivity index (χ0n) is 14.6. The first kappa shape index (κ1) is 17.4. The van der Waals surface area contributed by atoms with Crippen molar-refractivity contribution in [3.05, 3.63) is 30.2 Å². The molecule has 134 valence electrons. The van der Waals surface area contributed by atoms with Gasteiger partial charge in [0.2, 0.25) is 12.3 Å². The van der Waals surface area contributed by atoms with E-state index in [0.29, 0.717) is 18.1 Å². The van der Waals surface area contributed by atoms with E-state index in [9.17, 15) is 9.90 Å². The number of hydrogen-bond donors (Lipinski definition) is 2. The summed E-state index contributed by atoms with van der Waals surface area (Å²) in [7, 11) is 1.76. The zero-order valence-corrected chi connectivity index (χ0v) is 14.6. The van der Waals surface area contributed by atoms with Crippen LogP contribution in [0.25, 0.3) is 11.5 Å². The number of hydrogen-bond acceptors (Lipinski definition) is 5. The molecule has 7 heteroatoms. The van der Waals surface area contributed by atoms with Gasteiger partial charge in [-0.2, -0.15) is 0 Å². The number of aromatic nitrogens is 2. The van der Waals surface area contributed by atoms with Gasteiger partial charge in [0.1, 0.15) is 0 Å². The van der Waals surface area contributed by atoms with Crippen LogP contribution in [0, 0.1) is 12.8 Å². The molecule has 0 spiro atoms. The van der Waals surface area contributed by atoms with Crippen LogP contribution in [0.4, 0.5) is 10.5 Å². The molecule has 7 nitrogen and oxygen atoms in total. The van der Waals surface area contributed by atoms with E-state index in [4.69, 9.17) is 4.42 Å². The largest absolute Gasteiger partial charge is 0.423 e. The van der Waals surface area contributed by atoms with Gasteiger partial charge >= 0.3 is 6.03 Å². The van der Waals surface area contributed by atoms with Gasteiger partial charge in [-0.05, 0) is 37.5 Å². The molecule has 0 unspecified atom stereocenters. The second-order valence-electron chi connectivity index (χ2n) is 6.70. The lowest BCUT2D eigenvalue weighted by Crippen LogP contribution is -2.40. The van der Waals surface area contributed by atoms with Gasteiger partial charge in [-0.1, -0.05) is 18.9 Å². The van der Waals surface area contributed by atoms with Crippen LogP contribution in [0.2, 0.25) is 0 Å². The number of carbonyl (C=O) groups excluding carboxylic acids is 1. The number of benzene rings is 1. The molecule has 0 radical (unpaired) electrons. The minimum atomic E-state index is -0.313. The predicted molar refractivity (Wildman–Crippen MR) is 94.1 cm³/mol. The third-order valence-corrected chi connectivity index (χ3v) is 4.81. The summed E-state index contributed by atoms with van der Waals surface area (Å²) >= 11 is 0. The summed E-state index contributed by atoms with van der Waals surface area (Å²) < 4.78 is 5.21. The monoisotopic (exact) mass is 344 g/mol. The Labute approximate surface area is 147 Å². The van der Waals surface area contributed by atoms with Gasteiger partial charge in [-0.25, -0.2) is 4.79 Å². The number of amides is 2. The van der Waals surface area contributed by atoms with Crippen molar-refractivity contribution < 1.29 is 14.3 Å². The molecule has 2 amide bonds. The fourth-order valence-electron chi connectivity index (χ4n) is 3.23. The summed E-state index contributed by atoms with van der Waals surface area (Å²) in [5.41, 5.74) is 2.41. The number of aliphatic hydroxyl groups is 1. The van der Waals surface area contributed by atoms with E-state index in [1.807, 2.05) is 25.1 Å². The van der Waals surface area contributed by atoms with Gasteiger partial charge in [0.15, 0.2) is 0 Å². The third kappa shape index (κ3) is 4.17. The molecule has 2 aromatic rings. The first-order valence-electron chi connectivity index (χ1n) is 8.62. The summed E-state index contributed by atoms with van der Waals surface area (Å²) in [5.74, 6) is 0.560. The Morgan fingerprint density at radius 2 is 2.20 bits per heavy atom. The summed E-state index contributed by atoms with van der Waals surface area (Å²) in [6.45, 7) is 2.48. The van der Waals surface area contributed by atoms with Crippen molar-refractivity contribution in [2.24, 2.45) is 5.92 Å². The van der Waals surface area contributed by atoms with Crippen molar-refractivity contribution in [2.45, 2.75) is 38.7 Å². The topological polar surface area (TPSA) is 91.5 Å². The first-order chi connectivity index (χ1) is 12.0. The number of nitrogens with one attached hydrogen (secondary N) is 1. The number of aliphatic hydroxyl groups excluding tert-OH is 1. The lowest BCUT2D eigenvalue weighted by Gasteiger charge is -2.31. The fourth-order valence-corrected chi connectivity index (χ4v) is 3.23. The minimum Gasteiger partial charge on any atom is -0.423 e. The van der Waals surface area contributed by atoms with Gasteiger partial charge in [-0.15, -0.1) is 10.2 Å². The number of urea groups is 1. The van der Waals surface area contributed by atoms with Crippen LogP contribution in [0.1, 0.15) is 31.2 Å². The highest BCUT2D eigenvalue weighted by Gasteiger charge is 2.25. The Morgan fingerprint density at radius 1 is 1.40 bits per heavy atom. The molecule has 1 heterocycles. The maximum Gasteiger partial charge on any atom is 0.321 e. The van der Waals surface area contributed by atoms with E-state index >= 15 is 0 Å². The molecule has 0 saturated heterocycles. The van der Waals surface area contributed by atoms with Gasteiger partial charge < -0.3 is 19.7 Å². The fraction of sp³-hybridized carbons (Fsp3) is 0.500. The average Bonchev–Trinajstić information content (AvgIpc) is 3.13. The standard InChI is InChI=1S/C18H24N4O3/c1-12-7-8-13(17-21-19-11-25-17)9-15(12)20-18(24)22(2)10-14-5-3-4-6-16(14)23/h7-9,11,14,16,23H,3-6,10H2,1-2H3,(H,20,24)/t14-,16-/m0/s1. The molecule has 3 rings (SSSR count). The van der Waals surface area contributed by atoms with Crippen molar-refractivity contribution >= 4 is 11.7 Å². The van der Waals surface area contributed by atoms with Crippen LogP contribution in [-0.4, -0.2) is 45.9 Å². The normalized spacial score (nSPS) is 20.3. The number of carbonyl (C=O) groups is 1. The maximum absolute atomic E-state index is 12.5. The molecule has 2 N–H and O–H groups in total. The average molecular weight is 344 g/mol. The Bertz CT molecular complexity index is 717. The first-order valence-corrected chi connectivity index (χ1v) is 8.62. The molecule has 0 aliphatic heterocycles. The van der Waals surface area contributed by atoms with Crippen LogP contribution in [0.5, 0.6) is 0 Å². The van der Waals surface area contributed by atoms with Crippen molar-refractivity contribution in [2.75, 3.05) is 18.9 Å². The molecule has 1 aliphatic rings. The van der Waals surface area contributed by atoms with E-state index in [1.165, 1.54) is 6.39 Å². The smallest absolute Gasteiger partial charge is 0.321 e. The summed E-state index contributed by atoms with van der Waals surface area (Å²) in [6, 6.07) is 5.41. The molecule has 2 atom stereocenters. The number of rotatable bonds is 4. The second-order valence-corrected chi connectivity index (χ2v) is 6.70. The highest BCUT2D eigenvalue weighted by Crippen LogP contribution is 2.26. The lowest BCUT2D eigenvalue weighted by molar-refractivity contribution is 0.0575. The molecule has 1 aliphatic carbocycles. The van der Waals surface area contributed by atoms with E-state index in [2.05, 4.69) is 15.5 Å². The van der Waals surface area contributed by atoms with Gasteiger partial charge in [0, 0.05) is 30.8 Å². The van der Waals surface area contributed by atoms with Crippen molar-refractivity contribution in [1.82, 2.24) is 15.1 Å². The van der Waals surface area contributed by atoms with E-state index < -0.39 is 0 Å². The van der Waals surface area contributed by atoms with Gasteiger partial charge in [0.05, 0.1) is 6.10 Å². The quantitative estimate of drug-likeness (QED) is 0.889. The van der Waals surface area contributed by atoms with Gasteiger partial charge in [-0.3, -0.25) is 0 Å². The van der Waals surface area contributed by atoms with E-state index in [0.717, 1.165) is 36.8 Å². The maximum atomic E-state index is 12.5. The zero-order chi connectivity index (χ0) is 17.8. The highest BCUT2D eigenvalue weighted by atomic mass is 16.4. The lowest BCUT2D eigenvalue weighted by atomic mass is 9.86. The number of nitrogens with zero attached hydrogens (tertiary/aromatic N) is 3. The highest BCUT2D eigenvalue weighted by molar-refractivity contribution is 5.90. The van der Waals surface area contributed by atoms with Crippen molar-refractivity contribution in [1.29, 1.82) is 0 Å². The Balaban J connectivity index is 1.66. The summed E-state index contributed by atoms with van der Waals surface area (Å²) in [6.07, 6.45) is 4.93. The molecule has 25 heavy (non-hydrogen) atoms.